The first kappa shape index (κ1) is 27.5. The number of aromatic hydroxyl groups is 1. The van der Waals surface area contributed by atoms with Crippen molar-refractivity contribution in [2.45, 2.75) is 6.92 Å². The summed E-state index contributed by atoms with van der Waals surface area (Å²) in [5.74, 6) is -0.149. The number of phenols is 1. The van der Waals surface area contributed by atoms with Crippen molar-refractivity contribution >= 4 is 66.4 Å². The molecule has 0 aliphatic carbocycles. The number of ether oxygens (including phenoxy) is 3. The Morgan fingerprint density at radius 1 is 1.00 bits per heavy atom. The highest BCUT2D eigenvalue weighted by Gasteiger charge is 2.09. The molecule has 1 N–H and O–H groups in total. The van der Waals surface area contributed by atoms with Crippen molar-refractivity contribution < 1.29 is 28.9 Å². The van der Waals surface area contributed by atoms with E-state index in [1.807, 2.05) is 6.92 Å². The predicted octanol–water partition coefficient (Wildman–Crippen LogP) is 5.83. The molecule has 0 atom stereocenters. The lowest BCUT2D eigenvalue weighted by Crippen LogP contribution is -2.02. The van der Waals surface area contributed by atoms with Gasteiger partial charge < -0.3 is 19.3 Å². The Morgan fingerprint density at radius 3 is 1.86 bits per heavy atom. The summed E-state index contributed by atoms with van der Waals surface area (Å²) in [5.41, 5.74) is 0.817. The highest BCUT2D eigenvalue weighted by Crippen LogP contribution is 2.26. The molecule has 0 saturated heterocycles. The van der Waals surface area contributed by atoms with Gasteiger partial charge in [0.2, 0.25) is 0 Å². The Balaban J connectivity index is 0.000000481. The molecule has 158 valence electrons. The largest absolute Gasteiger partial charge is 0.507 e. The molecular weight excluding hydrogens is 623 g/mol. The van der Waals surface area contributed by atoms with Crippen molar-refractivity contribution in [3.05, 3.63) is 63.4 Å². The summed E-state index contributed by atoms with van der Waals surface area (Å²) in [7, 11) is 2.64. The summed E-state index contributed by atoms with van der Waals surface area (Å²) >= 11 is 8.60. The summed E-state index contributed by atoms with van der Waals surface area (Å²) in [6.07, 6.45) is 0. The summed E-state index contributed by atoms with van der Waals surface area (Å²) in [5, 5.41) is 9.19. The molecule has 0 saturated carbocycles. The zero-order chi connectivity index (χ0) is 22.4. The lowest BCUT2D eigenvalue weighted by molar-refractivity contribution is 0.0591. The minimum atomic E-state index is -0.460. The molecule has 2 rings (SSSR count). The lowest BCUT2D eigenvalue weighted by atomic mass is 10.2. The first-order valence-electron chi connectivity index (χ1n) is 8.18. The molecule has 0 unspecified atom stereocenters. The van der Waals surface area contributed by atoms with Crippen LogP contribution in [0.2, 0.25) is 0 Å². The standard InChI is InChI=1S/C10H11BrO3.C8H7BrO3.C2H4I/c1-3-14-9-6-7(10(12)13-2)4-5-8(9)11;1-12-8(11)5-2-3-6(9)7(10)4-5;1-2-3/h4-6H,3H2,1-2H3;2-4,10H,1H3;1-2H2/q;;+1. The van der Waals surface area contributed by atoms with Gasteiger partial charge in [-0.3, -0.25) is 0 Å². The van der Waals surface area contributed by atoms with Crippen LogP contribution in [0.3, 0.4) is 0 Å². The van der Waals surface area contributed by atoms with E-state index in [4.69, 9.17) is 4.74 Å². The van der Waals surface area contributed by atoms with Gasteiger partial charge in [-0.1, -0.05) is 0 Å². The summed E-state index contributed by atoms with van der Waals surface area (Å²) in [6.45, 7) is 5.92. The molecule has 0 amide bonds. The molecule has 6 nitrogen and oxygen atoms in total. The maximum Gasteiger partial charge on any atom is 0.337 e. The molecule has 0 aliphatic rings. The van der Waals surface area contributed by atoms with Crippen LogP contribution in [-0.4, -0.2) is 42.3 Å². The Morgan fingerprint density at radius 2 is 1.45 bits per heavy atom. The van der Waals surface area contributed by atoms with Crippen LogP contribution in [0.1, 0.15) is 27.6 Å². The Bertz CT molecular complexity index is 799. The fourth-order valence-corrected chi connectivity index (χ4v) is 2.38. The smallest absolute Gasteiger partial charge is 0.337 e. The van der Waals surface area contributed by atoms with E-state index in [1.165, 1.54) is 20.3 Å². The van der Waals surface area contributed by atoms with Crippen molar-refractivity contribution in [1.82, 2.24) is 0 Å². The highest BCUT2D eigenvalue weighted by atomic mass is 127. The molecule has 29 heavy (non-hydrogen) atoms. The first-order valence-corrected chi connectivity index (χ1v) is 11.3. The van der Waals surface area contributed by atoms with Crippen LogP contribution in [0.15, 0.2) is 45.3 Å². The second-order valence-electron chi connectivity index (χ2n) is 4.92. The van der Waals surface area contributed by atoms with Gasteiger partial charge in [0, 0.05) is 0 Å². The van der Waals surface area contributed by atoms with E-state index in [9.17, 15) is 14.7 Å². The van der Waals surface area contributed by atoms with Crippen molar-refractivity contribution in [1.29, 1.82) is 0 Å². The molecule has 2 aromatic carbocycles. The monoisotopic (exact) mass is 643 g/mol. The number of hydrogen-bond acceptors (Lipinski definition) is 6. The lowest BCUT2D eigenvalue weighted by Gasteiger charge is -2.07. The average molecular weight is 645 g/mol. The van der Waals surface area contributed by atoms with Crippen LogP contribution in [0, 0.1) is 6.92 Å². The number of esters is 2. The zero-order valence-corrected chi connectivity index (χ0v) is 21.5. The number of carbonyl (C=O) groups excluding carboxylic acids is 2. The predicted molar refractivity (Wildman–Crippen MR) is 128 cm³/mol. The van der Waals surface area contributed by atoms with E-state index in [2.05, 4.69) is 70.8 Å². The molecule has 0 aromatic heterocycles. The second-order valence-corrected chi connectivity index (χ2v) is 7.70. The third kappa shape index (κ3) is 10.2. The number of phenolic OH excluding ortho intramolecular Hbond substituents is 1. The molecule has 0 radical (unpaired) electrons. The van der Waals surface area contributed by atoms with E-state index < -0.39 is 5.97 Å². The van der Waals surface area contributed by atoms with Crippen molar-refractivity contribution in [2.75, 3.05) is 25.3 Å². The van der Waals surface area contributed by atoms with E-state index >= 15 is 0 Å². The molecule has 0 aliphatic heterocycles. The number of alkyl halides is 1. The van der Waals surface area contributed by atoms with Gasteiger partial charge in [-0.15, -0.1) is 0 Å². The van der Waals surface area contributed by atoms with Crippen molar-refractivity contribution in [3.63, 3.8) is 0 Å². The zero-order valence-electron chi connectivity index (χ0n) is 16.2. The number of carbonyl (C=O) groups is 2. The number of rotatable bonds is 4. The first-order chi connectivity index (χ1) is 13.7. The summed E-state index contributed by atoms with van der Waals surface area (Å²) in [4.78, 5) is 22.1. The van der Waals surface area contributed by atoms with Crippen molar-refractivity contribution in [3.8, 4) is 11.5 Å². The van der Waals surface area contributed by atoms with Gasteiger partial charge in [-0.2, -0.15) is 0 Å². The number of methoxy groups -OCH3 is 2. The van der Waals surface area contributed by atoms with Crippen LogP contribution in [0.4, 0.5) is 0 Å². The molecule has 9 heteroatoms. The van der Waals surface area contributed by atoms with Gasteiger partial charge in [0.1, 0.15) is 15.9 Å². The van der Waals surface area contributed by atoms with Gasteiger partial charge >= 0.3 is 11.9 Å². The topological polar surface area (TPSA) is 82.1 Å². The Kier molecular flexibility index (Phi) is 14.6. The third-order valence-electron chi connectivity index (χ3n) is 3.02. The molecule has 0 heterocycles. The number of halogens is 3. The van der Waals surface area contributed by atoms with E-state index in [1.54, 1.807) is 30.3 Å². The number of hydrogen-bond donors (Lipinski definition) is 1. The number of benzene rings is 2. The molecule has 0 bridgehead atoms. The van der Waals surface area contributed by atoms with Crippen molar-refractivity contribution in [2.24, 2.45) is 0 Å². The maximum absolute atomic E-state index is 11.2. The Hall–Kier alpha value is -1.46. The van der Waals surface area contributed by atoms with Crippen LogP contribution >= 0.6 is 54.5 Å². The molecule has 0 fully saturated rings. The van der Waals surface area contributed by atoms with Gasteiger partial charge in [0.05, 0.1) is 47.8 Å². The van der Waals surface area contributed by atoms with E-state index in [-0.39, 0.29) is 11.7 Å². The normalized spacial score (nSPS) is 9.17. The van der Waals surface area contributed by atoms with Gasteiger partial charge in [-0.25, -0.2) is 9.59 Å². The van der Waals surface area contributed by atoms with Crippen LogP contribution in [0.25, 0.3) is 0 Å². The molecule has 0 spiro atoms. The van der Waals surface area contributed by atoms with Crippen LogP contribution < -0.4 is 4.74 Å². The fourth-order valence-electron chi connectivity index (χ4n) is 1.77. The van der Waals surface area contributed by atoms with Gasteiger partial charge in [0.25, 0.3) is 0 Å². The Labute approximate surface area is 201 Å². The third-order valence-corrected chi connectivity index (χ3v) is 4.35. The second kappa shape index (κ2) is 15.4. The maximum atomic E-state index is 11.2. The quantitative estimate of drug-likeness (QED) is 0.195. The minimum absolute atomic E-state index is 0.0258. The SMILES string of the molecule is CCOc1cc(C(=O)OC)ccc1Br.COC(=O)c1ccc(Br)c(O)c1.[CH2+]CI. The summed E-state index contributed by atoms with van der Waals surface area (Å²) < 4.78 is 16.7. The highest BCUT2D eigenvalue weighted by molar-refractivity contribution is 14.1. The van der Waals surface area contributed by atoms with E-state index in [0.29, 0.717) is 28.0 Å². The summed E-state index contributed by atoms with van der Waals surface area (Å²) in [6, 6.07) is 9.59. The van der Waals surface area contributed by atoms with E-state index in [0.717, 1.165) is 8.90 Å². The van der Waals surface area contributed by atoms with Crippen LogP contribution in [-0.2, 0) is 9.47 Å². The van der Waals surface area contributed by atoms with Crippen LogP contribution in [0.5, 0.6) is 11.5 Å². The average Bonchev–Trinajstić information content (AvgIpc) is 2.71. The molecular formula is C20H22Br2IO6+. The minimum Gasteiger partial charge on any atom is -0.507 e. The van der Waals surface area contributed by atoms with Gasteiger partial charge in [-0.05, 0) is 97.8 Å². The van der Waals surface area contributed by atoms with Gasteiger partial charge in [0.15, 0.2) is 0 Å². The molecule has 2 aromatic rings. The fraction of sp³-hybridized carbons (Fsp3) is 0.250.